The Morgan fingerprint density at radius 3 is 1.34 bits per heavy atom. The van der Waals surface area contributed by atoms with Crippen LogP contribution in [-0.2, 0) is 28.7 Å². The molecule has 298 valence electrons. The molecule has 4 heterocycles. The maximum atomic E-state index is 14.3. The van der Waals surface area contributed by atoms with E-state index < -0.39 is 35.2 Å². The number of carbonyl (C=O) groups excluding carboxylic acids is 4. The van der Waals surface area contributed by atoms with Crippen LogP contribution in [0.3, 0.4) is 0 Å². The van der Waals surface area contributed by atoms with Crippen molar-refractivity contribution in [3.8, 4) is 0 Å². The van der Waals surface area contributed by atoms with Crippen LogP contribution in [0, 0.1) is 0 Å². The van der Waals surface area contributed by atoms with Gasteiger partial charge in [-0.1, -0.05) is 62.4 Å². The molecule has 0 bridgehead atoms. The number of hydrogen-bond acceptors (Lipinski definition) is 10. The number of likely N-dealkylation sites (tertiary alicyclic amines) is 2. The average molecular weight is 799 g/mol. The summed E-state index contributed by atoms with van der Waals surface area (Å²) in [6.07, 6.45) is 1.52. The summed E-state index contributed by atoms with van der Waals surface area (Å²) in [6, 6.07) is 26.0. The summed E-state index contributed by atoms with van der Waals surface area (Å²) in [7, 11) is 0. The molecule has 56 heavy (non-hydrogen) atoms. The van der Waals surface area contributed by atoms with E-state index in [9.17, 15) is 19.2 Å². The number of carbonyl (C=O) groups is 4. The molecule has 6 atom stereocenters. The molecule has 2 aliphatic rings. The minimum absolute atomic E-state index is 0.0197. The van der Waals surface area contributed by atoms with E-state index in [4.69, 9.17) is 9.47 Å². The highest BCUT2D eigenvalue weighted by Gasteiger charge is 2.52. The number of benzene rings is 2. The van der Waals surface area contributed by atoms with Gasteiger partial charge in [0.15, 0.2) is 0 Å². The molecule has 0 radical (unpaired) electrons. The van der Waals surface area contributed by atoms with Gasteiger partial charge in [0.05, 0.1) is 12.1 Å². The van der Waals surface area contributed by atoms with Gasteiger partial charge in [-0.25, -0.2) is 9.59 Å². The number of anilines is 2. The molecular weight excluding hydrogens is 745 g/mol. The highest BCUT2D eigenvalue weighted by Crippen LogP contribution is 2.40. The highest BCUT2D eigenvalue weighted by atomic mass is 32.1. The molecule has 2 amide bonds. The first-order chi connectivity index (χ1) is 26.9. The lowest BCUT2D eigenvalue weighted by Gasteiger charge is -2.51. The molecule has 2 aliphatic heterocycles. The summed E-state index contributed by atoms with van der Waals surface area (Å²) in [5.41, 5.74) is -1.18. The van der Waals surface area contributed by atoms with Crippen molar-refractivity contribution in [1.82, 2.24) is 9.80 Å². The Balaban J connectivity index is 1.33. The van der Waals surface area contributed by atoms with E-state index in [0.717, 1.165) is 0 Å². The van der Waals surface area contributed by atoms with E-state index >= 15 is 0 Å². The van der Waals surface area contributed by atoms with Crippen molar-refractivity contribution in [2.45, 2.75) is 103 Å². The van der Waals surface area contributed by atoms with Gasteiger partial charge in [0.1, 0.15) is 11.2 Å². The van der Waals surface area contributed by atoms with Gasteiger partial charge in [-0.3, -0.25) is 19.4 Å². The first-order valence-corrected chi connectivity index (χ1v) is 21.4. The summed E-state index contributed by atoms with van der Waals surface area (Å²) in [5.74, 6) is -2.47. The third-order valence-electron chi connectivity index (χ3n) is 11.5. The van der Waals surface area contributed by atoms with Gasteiger partial charge in [-0.2, -0.15) is 0 Å². The SMILES string of the molecule is CCC(=O)N(c1ccccc1)C1CCN(C(C)c2cccs2)CC1(C)OC(=O)C(=O)OC1(C)CN(C(C)c2cccs2)CCC1N(C(=O)CC)c1ccccc1. The number of rotatable bonds is 12. The van der Waals surface area contributed by atoms with Gasteiger partial charge in [-0.15, -0.1) is 22.7 Å². The highest BCUT2D eigenvalue weighted by molar-refractivity contribution is 7.10. The van der Waals surface area contributed by atoms with Crippen LogP contribution in [0.4, 0.5) is 11.4 Å². The number of nitrogens with zero attached hydrogens (tertiary/aromatic N) is 4. The normalized spacial score (nSPS) is 24.1. The fraction of sp³-hybridized carbons (Fsp3) is 0.455. The van der Waals surface area contributed by atoms with E-state index in [-0.39, 0.29) is 49.8 Å². The largest absolute Gasteiger partial charge is 0.447 e. The molecular formula is C44H54N4O6S2. The summed E-state index contributed by atoms with van der Waals surface area (Å²) in [5, 5.41) is 4.08. The minimum Gasteiger partial charge on any atom is -0.447 e. The quantitative estimate of drug-likeness (QED) is 0.104. The molecule has 0 spiro atoms. The van der Waals surface area contributed by atoms with Crippen molar-refractivity contribution in [3.05, 3.63) is 105 Å². The molecule has 6 rings (SSSR count). The Bertz CT molecular complexity index is 1790. The number of esters is 2. The van der Waals surface area contributed by atoms with Crippen LogP contribution in [0.1, 0.15) is 89.1 Å². The number of ether oxygens (including phenoxy) is 2. The van der Waals surface area contributed by atoms with Crippen LogP contribution >= 0.6 is 22.7 Å². The second kappa shape index (κ2) is 17.8. The number of piperidine rings is 2. The van der Waals surface area contributed by atoms with Gasteiger partial charge in [0.25, 0.3) is 0 Å². The van der Waals surface area contributed by atoms with Crippen LogP contribution < -0.4 is 9.80 Å². The minimum atomic E-state index is -1.29. The van der Waals surface area contributed by atoms with Crippen LogP contribution in [0.25, 0.3) is 0 Å². The topological polar surface area (TPSA) is 99.7 Å². The smallest absolute Gasteiger partial charge is 0.418 e. The van der Waals surface area contributed by atoms with Crippen LogP contribution in [0.2, 0.25) is 0 Å². The zero-order chi connectivity index (χ0) is 40.0. The zero-order valence-corrected chi connectivity index (χ0v) is 34.9. The fourth-order valence-electron chi connectivity index (χ4n) is 8.47. The molecule has 2 fully saturated rings. The van der Waals surface area contributed by atoms with E-state index in [0.29, 0.717) is 37.3 Å². The van der Waals surface area contributed by atoms with Crippen LogP contribution in [0.5, 0.6) is 0 Å². The van der Waals surface area contributed by atoms with Gasteiger partial charge in [0.2, 0.25) is 11.8 Å². The Morgan fingerprint density at radius 2 is 1.02 bits per heavy atom. The lowest BCUT2D eigenvalue weighted by atomic mass is 9.85. The molecule has 0 aliphatic carbocycles. The Hall–Kier alpha value is -4.36. The van der Waals surface area contributed by atoms with Gasteiger partial charge in [-0.05, 0) is 87.7 Å². The lowest BCUT2D eigenvalue weighted by Crippen LogP contribution is -2.66. The molecule has 2 aromatic heterocycles. The molecule has 6 unspecified atom stereocenters. The van der Waals surface area contributed by atoms with Gasteiger partial charge >= 0.3 is 11.9 Å². The number of thiophene rings is 2. The van der Waals surface area contributed by atoms with Crippen molar-refractivity contribution in [3.63, 3.8) is 0 Å². The predicted molar refractivity (Wildman–Crippen MR) is 223 cm³/mol. The van der Waals surface area contributed by atoms with Crippen molar-refractivity contribution >= 4 is 57.8 Å². The Kier molecular flexibility index (Phi) is 13.1. The molecule has 4 aromatic rings. The monoisotopic (exact) mass is 798 g/mol. The van der Waals surface area contributed by atoms with Gasteiger partial charge in [0, 0.05) is 72.2 Å². The zero-order valence-electron chi connectivity index (χ0n) is 33.3. The Morgan fingerprint density at radius 1 is 0.643 bits per heavy atom. The second-order valence-electron chi connectivity index (χ2n) is 15.2. The maximum Gasteiger partial charge on any atom is 0.418 e. The molecule has 2 saturated heterocycles. The van der Waals surface area contributed by atoms with Crippen molar-refractivity contribution < 1.29 is 28.7 Å². The third-order valence-corrected chi connectivity index (χ3v) is 13.6. The molecule has 0 N–H and O–H groups in total. The number of amides is 2. The standard InChI is InChI=1S/C44H54N4O6S2/c1-7-39(49)47(33-17-11-9-12-18-33)37-23-25-45(31(3)35-21-15-27-55-35)29-43(37,5)53-41(51)42(52)54-44(6)30-46(32(4)36-22-16-28-56-36)26-24-38(44)48(40(50)8-2)34-19-13-10-14-20-34/h9-22,27-28,31-32,37-38H,7-8,23-26,29-30H2,1-6H3. The average Bonchev–Trinajstić information content (AvgIpc) is 3.95. The van der Waals surface area contributed by atoms with Crippen LogP contribution in [0.15, 0.2) is 95.7 Å². The van der Waals surface area contributed by atoms with E-state index in [1.807, 2.05) is 111 Å². The lowest BCUT2D eigenvalue weighted by molar-refractivity contribution is -0.193. The maximum absolute atomic E-state index is 14.3. The van der Waals surface area contributed by atoms with Crippen LogP contribution in [-0.4, -0.2) is 83.0 Å². The fourth-order valence-corrected chi connectivity index (χ4v) is 10.1. The number of para-hydroxylation sites is 2. The summed E-state index contributed by atoms with van der Waals surface area (Å²) < 4.78 is 12.8. The third kappa shape index (κ3) is 8.78. The molecule has 12 heteroatoms. The summed E-state index contributed by atoms with van der Waals surface area (Å²) in [4.78, 5) is 66.4. The van der Waals surface area contributed by atoms with Crippen molar-refractivity contribution in [1.29, 1.82) is 0 Å². The summed E-state index contributed by atoms with van der Waals surface area (Å²) in [6.45, 7) is 13.4. The van der Waals surface area contributed by atoms with Gasteiger partial charge < -0.3 is 19.3 Å². The van der Waals surface area contributed by atoms with E-state index in [1.54, 1.807) is 32.5 Å². The van der Waals surface area contributed by atoms with E-state index in [2.05, 4.69) is 35.8 Å². The van der Waals surface area contributed by atoms with E-state index in [1.165, 1.54) is 9.75 Å². The Labute approximate surface area is 339 Å². The summed E-state index contributed by atoms with van der Waals surface area (Å²) >= 11 is 3.32. The van der Waals surface area contributed by atoms with Crippen molar-refractivity contribution in [2.24, 2.45) is 0 Å². The number of hydrogen-bond donors (Lipinski definition) is 0. The second-order valence-corrected chi connectivity index (χ2v) is 17.2. The molecule has 0 saturated carbocycles. The van der Waals surface area contributed by atoms with Crippen molar-refractivity contribution in [2.75, 3.05) is 36.0 Å². The first kappa shape index (κ1) is 41.3. The molecule has 2 aromatic carbocycles. The predicted octanol–water partition coefficient (Wildman–Crippen LogP) is 8.27. The molecule has 10 nitrogen and oxygen atoms in total. The first-order valence-electron chi connectivity index (χ1n) is 19.6.